The van der Waals surface area contributed by atoms with E-state index in [4.69, 9.17) is 11.6 Å². The average Bonchev–Trinajstić information content (AvgIpc) is 2.20. The second-order valence-corrected chi connectivity index (χ2v) is 4.45. The van der Waals surface area contributed by atoms with E-state index in [-0.39, 0.29) is 5.69 Å². The summed E-state index contributed by atoms with van der Waals surface area (Å²) in [5.74, 6) is 0. The summed E-state index contributed by atoms with van der Waals surface area (Å²) in [7, 11) is 1.96. The lowest BCUT2D eigenvalue weighted by atomic mass is 10.1. The van der Waals surface area contributed by atoms with Crippen molar-refractivity contribution in [1.29, 1.82) is 0 Å². The summed E-state index contributed by atoms with van der Waals surface area (Å²) in [6.07, 6.45) is 0. The van der Waals surface area contributed by atoms with Gasteiger partial charge in [0.1, 0.15) is 0 Å². The predicted octanol–water partition coefficient (Wildman–Crippen LogP) is 3.09. The number of nitro benzene ring substituents is 1. The van der Waals surface area contributed by atoms with Gasteiger partial charge < -0.3 is 0 Å². The van der Waals surface area contributed by atoms with Crippen molar-refractivity contribution >= 4 is 17.3 Å². The molecule has 0 aromatic heterocycles. The van der Waals surface area contributed by atoms with Gasteiger partial charge in [-0.1, -0.05) is 11.6 Å². The van der Waals surface area contributed by atoms with E-state index in [1.807, 2.05) is 7.05 Å². The van der Waals surface area contributed by atoms with Gasteiger partial charge in [-0.2, -0.15) is 0 Å². The van der Waals surface area contributed by atoms with E-state index in [1.54, 1.807) is 6.07 Å². The van der Waals surface area contributed by atoms with Crippen LogP contribution in [0.5, 0.6) is 0 Å². The van der Waals surface area contributed by atoms with Crippen LogP contribution in [0.3, 0.4) is 0 Å². The molecule has 0 unspecified atom stereocenters. The van der Waals surface area contributed by atoms with Crippen molar-refractivity contribution in [3.8, 4) is 0 Å². The van der Waals surface area contributed by atoms with Crippen LogP contribution < -0.4 is 0 Å². The van der Waals surface area contributed by atoms with Crippen molar-refractivity contribution in [3.05, 3.63) is 38.9 Å². The van der Waals surface area contributed by atoms with Gasteiger partial charge in [0.2, 0.25) is 0 Å². The monoisotopic (exact) mass is 242 g/mol. The maximum Gasteiger partial charge on any atom is 0.269 e. The van der Waals surface area contributed by atoms with E-state index in [9.17, 15) is 10.1 Å². The zero-order valence-corrected chi connectivity index (χ0v) is 10.4. The van der Waals surface area contributed by atoms with Crippen LogP contribution >= 0.6 is 11.6 Å². The van der Waals surface area contributed by atoms with Crippen molar-refractivity contribution in [2.75, 3.05) is 7.05 Å². The van der Waals surface area contributed by atoms with Crippen LogP contribution in [0.25, 0.3) is 0 Å². The first-order valence-corrected chi connectivity index (χ1v) is 5.42. The molecule has 0 saturated carbocycles. The van der Waals surface area contributed by atoms with Crippen molar-refractivity contribution in [2.45, 2.75) is 26.4 Å². The first-order valence-electron chi connectivity index (χ1n) is 5.05. The Morgan fingerprint density at radius 1 is 1.50 bits per heavy atom. The van der Waals surface area contributed by atoms with Crippen LogP contribution in [0.2, 0.25) is 5.02 Å². The molecule has 88 valence electrons. The molecule has 0 atom stereocenters. The highest BCUT2D eigenvalue weighted by atomic mass is 35.5. The van der Waals surface area contributed by atoms with E-state index in [1.165, 1.54) is 12.1 Å². The van der Waals surface area contributed by atoms with E-state index in [2.05, 4.69) is 18.7 Å². The summed E-state index contributed by atoms with van der Waals surface area (Å²) in [6, 6.07) is 4.89. The zero-order chi connectivity index (χ0) is 12.3. The van der Waals surface area contributed by atoms with Crippen LogP contribution in [0, 0.1) is 10.1 Å². The minimum Gasteiger partial charge on any atom is -0.300 e. The highest BCUT2D eigenvalue weighted by Gasteiger charge is 2.12. The summed E-state index contributed by atoms with van der Waals surface area (Å²) in [4.78, 5) is 12.3. The number of nitrogens with zero attached hydrogens (tertiary/aromatic N) is 2. The quantitative estimate of drug-likeness (QED) is 0.602. The van der Waals surface area contributed by atoms with Gasteiger partial charge in [0.05, 0.1) is 4.92 Å². The average molecular weight is 243 g/mol. The largest absolute Gasteiger partial charge is 0.300 e. The number of benzene rings is 1. The molecular weight excluding hydrogens is 228 g/mol. The minimum absolute atomic E-state index is 0.0801. The van der Waals surface area contributed by atoms with Crippen molar-refractivity contribution in [1.82, 2.24) is 4.90 Å². The summed E-state index contributed by atoms with van der Waals surface area (Å²) < 4.78 is 0. The number of halogens is 1. The topological polar surface area (TPSA) is 46.4 Å². The van der Waals surface area contributed by atoms with E-state index >= 15 is 0 Å². The molecule has 0 spiro atoms. The molecule has 5 heteroatoms. The van der Waals surface area contributed by atoms with E-state index in [0.29, 0.717) is 17.6 Å². The van der Waals surface area contributed by atoms with Crippen LogP contribution in [0.15, 0.2) is 18.2 Å². The first-order chi connectivity index (χ1) is 7.41. The molecule has 0 amide bonds. The fourth-order valence-electron chi connectivity index (χ4n) is 1.25. The predicted molar refractivity (Wildman–Crippen MR) is 64.7 cm³/mol. The fourth-order valence-corrected chi connectivity index (χ4v) is 1.42. The SMILES string of the molecule is CC(C)N(C)Cc1cc([N+](=O)[O-])ccc1Cl. The van der Waals surface area contributed by atoms with Crippen molar-refractivity contribution in [3.63, 3.8) is 0 Å². The Morgan fingerprint density at radius 2 is 2.12 bits per heavy atom. The lowest BCUT2D eigenvalue weighted by Crippen LogP contribution is -2.25. The minimum atomic E-state index is -0.408. The van der Waals surface area contributed by atoms with Gasteiger partial charge in [-0.25, -0.2) is 0 Å². The molecule has 16 heavy (non-hydrogen) atoms. The molecule has 1 aromatic rings. The van der Waals surface area contributed by atoms with Gasteiger partial charge in [0.25, 0.3) is 5.69 Å². The Bertz CT molecular complexity index is 394. The molecule has 0 aliphatic carbocycles. The Labute approximate surface area is 100.0 Å². The fraction of sp³-hybridized carbons (Fsp3) is 0.455. The lowest BCUT2D eigenvalue weighted by Gasteiger charge is -2.21. The maximum atomic E-state index is 10.6. The van der Waals surface area contributed by atoms with E-state index in [0.717, 1.165) is 5.56 Å². The summed E-state index contributed by atoms with van der Waals surface area (Å²) in [5, 5.41) is 11.2. The van der Waals surface area contributed by atoms with Gasteiger partial charge in [-0.15, -0.1) is 0 Å². The molecule has 0 bridgehead atoms. The molecule has 4 nitrogen and oxygen atoms in total. The number of hydrogen-bond donors (Lipinski definition) is 0. The normalized spacial score (nSPS) is 11.1. The third kappa shape index (κ3) is 3.18. The van der Waals surface area contributed by atoms with Gasteiger partial charge in [-0.3, -0.25) is 15.0 Å². The number of rotatable bonds is 4. The van der Waals surface area contributed by atoms with Crippen LogP contribution in [-0.4, -0.2) is 22.9 Å². The molecule has 0 N–H and O–H groups in total. The molecule has 0 aliphatic heterocycles. The first kappa shape index (κ1) is 12.9. The molecule has 1 rings (SSSR count). The Kier molecular flexibility index (Phi) is 4.26. The van der Waals surface area contributed by atoms with Gasteiger partial charge >= 0.3 is 0 Å². The van der Waals surface area contributed by atoms with Gasteiger partial charge in [0.15, 0.2) is 0 Å². The van der Waals surface area contributed by atoms with Crippen LogP contribution in [0.1, 0.15) is 19.4 Å². The highest BCUT2D eigenvalue weighted by Crippen LogP contribution is 2.23. The smallest absolute Gasteiger partial charge is 0.269 e. The molecule has 0 radical (unpaired) electrons. The molecule has 1 aromatic carbocycles. The molecule has 0 heterocycles. The number of non-ortho nitro benzene ring substituents is 1. The lowest BCUT2D eigenvalue weighted by molar-refractivity contribution is -0.384. The van der Waals surface area contributed by atoms with Gasteiger partial charge in [0, 0.05) is 29.7 Å². The highest BCUT2D eigenvalue weighted by molar-refractivity contribution is 6.31. The maximum absolute atomic E-state index is 10.6. The van der Waals surface area contributed by atoms with Gasteiger partial charge in [-0.05, 0) is 32.5 Å². The molecular formula is C11H15ClN2O2. The van der Waals surface area contributed by atoms with Crippen LogP contribution in [0.4, 0.5) is 5.69 Å². The molecule has 0 saturated heterocycles. The van der Waals surface area contributed by atoms with E-state index < -0.39 is 4.92 Å². The standard InChI is InChI=1S/C11H15ClN2O2/c1-8(2)13(3)7-9-6-10(14(15)16)4-5-11(9)12/h4-6,8H,7H2,1-3H3. The number of nitro groups is 1. The summed E-state index contributed by atoms with van der Waals surface area (Å²) in [6.45, 7) is 4.73. The summed E-state index contributed by atoms with van der Waals surface area (Å²) >= 11 is 6.00. The third-order valence-corrected chi connectivity index (χ3v) is 2.91. The second kappa shape index (κ2) is 5.27. The molecule has 0 fully saturated rings. The molecule has 0 aliphatic rings. The summed E-state index contributed by atoms with van der Waals surface area (Å²) in [5.41, 5.74) is 0.864. The third-order valence-electron chi connectivity index (χ3n) is 2.54. The second-order valence-electron chi connectivity index (χ2n) is 4.04. The zero-order valence-electron chi connectivity index (χ0n) is 9.61. The number of hydrogen-bond acceptors (Lipinski definition) is 3. The Balaban J connectivity index is 2.94. The van der Waals surface area contributed by atoms with Crippen molar-refractivity contribution in [2.24, 2.45) is 0 Å². The van der Waals surface area contributed by atoms with Crippen LogP contribution in [-0.2, 0) is 6.54 Å². The van der Waals surface area contributed by atoms with Crippen molar-refractivity contribution < 1.29 is 4.92 Å². The Hall–Kier alpha value is -1.13. The Morgan fingerprint density at radius 3 is 2.62 bits per heavy atom.